The standard InChI is InChI=1S/C10H13NO3/c1-3-14-10(13)9-7(11)4-6(2)5-8(9)12/h4-5,12H,3,11H2,1-2H3. The Morgan fingerprint density at radius 1 is 1.57 bits per heavy atom. The third kappa shape index (κ3) is 1.96. The Morgan fingerprint density at radius 2 is 2.21 bits per heavy atom. The molecule has 0 spiro atoms. The van der Waals surface area contributed by atoms with Crippen LogP contribution in [0.15, 0.2) is 12.1 Å². The van der Waals surface area contributed by atoms with Gasteiger partial charge in [-0.25, -0.2) is 4.79 Å². The molecule has 4 nitrogen and oxygen atoms in total. The summed E-state index contributed by atoms with van der Waals surface area (Å²) in [7, 11) is 0. The van der Waals surface area contributed by atoms with Gasteiger partial charge >= 0.3 is 5.97 Å². The van der Waals surface area contributed by atoms with Crippen LogP contribution in [0.2, 0.25) is 0 Å². The molecule has 0 heterocycles. The van der Waals surface area contributed by atoms with Crippen molar-refractivity contribution >= 4 is 11.7 Å². The average Bonchev–Trinajstić information content (AvgIpc) is 2.01. The Balaban J connectivity index is 3.14. The first-order chi connectivity index (χ1) is 6.56. The molecule has 3 N–H and O–H groups in total. The van der Waals surface area contributed by atoms with Gasteiger partial charge in [-0.3, -0.25) is 0 Å². The maximum absolute atomic E-state index is 11.3. The van der Waals surface area contributed by atoms with Gasteiger partial charge in [0.15, 0.2) is 0 Å². The lowest BCUT2D eigenvalue weighted by Crippen LogP contribution is -2.08. The van der Waals surface area contributed by atoms with Gasteiger partial charge in [-0.05, 0) is 31.5 Å². The zero-order chi connectivity index (χ0) is 10.7. The van der Waals surface area contributed by atoms with Gasteiger partial charge in [-0.15, -0.1) is 0 Å². The van der Waals surface area contributed by atoms with E-state index in [-0.39, 0.29) is 23.6 Å². The van der Waals surface area contributed by atoms with E-state index < -0.39 is 5.97 Å². The molecule has 76 valence electrons. The summed E-state index contributed by atoms with van der Waals surface area (Å²) in [6.07, 6.45) is 0. The van der Waals surface area contributed by atoms with Crippen molar-refractivity contribution in [3.63, 3.8) is 0 Å². The molecule has 0 aliphatic heterocycles. The van der Waals surface area contributed by atoms with Crippen molar-refractivity contribution in [3.8, 4) is 5.75 Å². The van der Waals surface area contributed by atoms with E-state index in [1.54, 1.807) is 19.9 Å². The van der Waals surface area contributed by atoms with Crippen LogP contribution in [0.4, 0.5) is 5.69 Å². The van der Waals surface area contributed by atoms with Crippen molar-refractivity contribution in [2.24, 2.45) is 0 Å². The lowest BCUT2D eigenvalue weighted by atomic mass is 10.1. The predicted octanol–water partition coefficient (Wildman–Crippen LogP) is 1.46. The van der Waals surface area contributed by atoms with Crippen molar-refractivity contribution in [1.82, 2.24) is 0 Å². The monoisotopic (exact) mass is 195 g/mol. The van der Waals surface area contributed by atoms with Gasteiger partial charge in [0.2, 0.25) is 0 Å². The van der Waals surface area contributed by atoms with Crippen molar-refractivity contribution in [3.05, 3.63) is 23.3 Å². The van der Waals surface area contributed by atoms with E-state index in [4.69, 9.17) is 10.5 Å². The molecule has 14 heavy (non-hydrogen) atoms. The second kappa shape index (κ2) is 4.00. The van der Waals surface area contributed by atoms with E-state index in [9.17, 15) is 9.90 Å². The topological polar surface area (TPSA) is 72.5 Å². The molecular formula is C10H13NO3. The first-order valence-electron chi connectivity index (χ1n) is 4.32. The summed E-state index contributed by atoms with van der Waals surface area (Å²) in [4.78, 5) is 11.3. The highest BCUT2D eigenvalue weighted by atomic mass is 16.5. The van der Waals surface area contributed by atoms with Gasteiger partial charge in [0.05, 0.1) is 12.3 Å². The van der Waals surface area contributed by atoms with Crippen LogP contribution in [0.3, 0.4) is 0 Å². The molecule has 0 aliphatic carbocycles. The number of carbonyl (C=O) groups excluding carboxylic acids is 1. The largest absolute Gasteiger partial charge is 0.507 e. The van der Waals surface area contributed by atoms with Crippen LogP contribution in [-0.4, -0.2) is 17.7 Å². The summed E-state index contributed by atoms with van der Waals surface area (Å²) in [5.41, 5.74) is 6.67. The Morgan fingerprint density at radius 3 is 2.71 bits per heavy atom. The number of esters is 1. The van der Waals surface area contributed by atoms with Crippen LogP contribution in [-0.2, 0) is 4.74 Å². The van der Waals surface area contributed by atoms with E-state index in [1.165, 1.54) is 6.07 Å². The average molecular weight is 195 g/mol. The first kappa shape index (κ1) is 10.4. The second-order valence-electron chi connectivity index (χ2n) is 2.97. The molecule has 0 aliphatic rings. The Bertz CT molecular complexity index is 337. The van der Waals surface area contributed by atoms with Crippen LogP contribution < -0.4 is 5.73 Å². The molecule has 1 rings (SSSR count). The quantitative estimate of drug-likeness (QED) is 0.553. The Hall–Kier alpha value is -1.71. The van der Waals surface area contributed by atoms with Crippen LogP contribution >= 0.6 is 0 Å². The zero-order valence-corrected chi connectivity index (χ0v) is 8.20. The number of anilines is 1. The fourth-order valence-corrected chi connectivity index (χ4v) is 1.22. The van der Waals surface area contributed by atoms with Crippen LogP contribution in [0, 0.1) is 6.92 Å². The number of nitrogens with two attached hydrogens (primary N) is 1. The van der Waals surface area contributed by atoms with E-state index in [0.29, 0.717) is 0 Å². The molecule has 1 aromatic carbocycles. The number of phenolic OH excluding ortho intramolecular Hbond substituents is 1. The molecule has 4 heteroatoms. The van der Waals surface area contributed by atoms with E-state index in [1.807, 2.05) is 0 Å². The molecule has 0 saturated heterocycles. The van der Waals surface area contributed by atoms with E-state index in [0.717, 1.165) is 5.56 Å². The lowest BCUT2D eigenvalue weighted by molar-refractivity contribution is 0.0524. The summed E-state index contributed by atoms with van der Waals surface area (Å²) in [6.45, 7) is 3.73. The fraction of sp³-hybridized carbons (Fsp3) is 0.300. The summed E-state index contributed by atoms with van der Waals surface area (Å²) in [5.74, 6) is -0.733. The number of aryl methyl sites for hydroxylation is 1. The maximum atomic E-state index is 11.3. The van der Waals surface area contributed by atoms with Gasteiger partial charge in [0, 0.05) is 0 Å². The molecule has 0 saturated carbocycles. The van der Waals surface area contributed by atoms with Crippen molar-refractivity contribution < 1.29 is 14.6 Å². The van der Waals surface area contributed by atoms with Crippen molar-refractivity contribution in [2.75, 3.05) is 12.3 Å². The third-order valence-electron chi connectivity index (χ3n) is 1.77. The number of hydrogen-bond acceptors (Lipinski definition) is 4. The Labute approximate surface area is 82.3 Å². The van der Waals surface area contributed by atoms with Gasteiger partial charge in [-0.1, -0.05) is 0 Å². The number of nitrogen functional groups attached to an aromatic ring is 1. The number of ether oxygens (including phenoxy) is 1. The van der Waals surface area contributed by atoms with Crippen LogP contribution in [0.25, 0.3) is 0 Å². The summed E-state index contributed by atoms with van der Waals surface area (Å²) in [5, 5.41) is 9.49. The molecular weight excluding hydrogens is 182 g/mol. The SMILES string of the molecule is CCOC(=O)c1c(N)cc(C)cc1O. The fourth-order valence-electron chi connectivity index (χ4n) is 1.22. The van der Waals surface area contributed by atoms with Crippen molar-refractivity contribution in [2.45, 2.75) is 13.8 Å². The maximum Gasteiger partial charge on any atom is 0.344 e. The minimum atomic E-state index is -0.595. The number of carbonyl (C=O) groups is 1. The van der Waals surface area contributed by atoms with E-state index in [2.05, 4.69) is 0 Å². The van der Waals surface area contributed by atoms with Crippen molar-refractivity contribution in [1.29, 1.82) is 0 Å². The molecule has 0 atom stereocenters. The van der Waals surface area contributed by atoms with Gasteiger partial charge in [0.25, 0.3) is 0 Å². The highest BCUT2D eigenvalue weighted by molar-refractivity contribution is 5.98. The minimum Gasteiger partial charge on any atom is -0.507 e. The van der Waals surface area contributed by atoms with Crippen LogP contribution in [0.1, 0.15) is 22.8 Å². The highest BCUT2D eigenvalue weighted by Crippen LogP contribution is 2.25. The number of benzene rings is 1. The molecule has 0 aromatic heterocycles. The van der Waals surface area contributed by atoms with Gasteiger partial charge < -0.3 is 15.6 Å². The summed E-state index contributed by atoms with van der Waals surface area (Å²) < 4.78 is 4.75. The Kier molecular flexibility index (Phi) is 2.96. The smallest absolute Gasteiger partial charge is 0.344 e. The molecule has 0 bridgehead atoms. The first-order valence-corrected chi connectivity index (χ1v) is 4.32. The zero-order valence-electron chi connectivity index (χ0n) is 8.20. The molecule has 1 aromatic rings. The molecule has 0 fully saturated rings. The molecule has 0 amide bonds. The molecule has 0 radical (unpaired) electrons. The number of aromatic hydroxyl groups is 1. The second-order valence-corrected chi connectivity index (χ2v) is 2.97. The third-order valence-corrected chi connectivity index (χ3v) is 1.77. The highest BCUT2D eigenvalue weighted by Gasteiger charge is 2.16. The predicted molar refractivity (Wildman–Crippen MR) is 53.2 cm³/mol. The number of hydrogen-bond donors (Lipinski definition) is 2. The lowest BCUT2D eigenvalue weighted by Gasteiger charge is -2.08. The number of phenols is 1. The molecule has 0 unspecified atom stereocenters. The minimum absolute atomic E-state index is 0.0393. The van der Waals surface area contributed by atoms with Gasteiger partial charge in [-0.2, -0.15) is 0 Å². The van der Waals surface area contributed by atoms with Gasteiger partial charge in [0.1, 0.15) is 11.3 Å². The summed E-state index contributed by atoms with van der Waals surface area (Å²) in [6, 6.07) is 3.09. The normalized spacial score (nSPS) is 9.86. The number of rotatable bonds is 2. The summed E-state index contributed by atoms with van der Waals surface area (Å²) >= 11 is 0. The van der Waals surface area contributed by atoms with E-state index >= 15 is 0 Å². The van der Waals surface area contributed by atoms with Crippen LogP contribution in [0.5, 0.6) is 5.75 Å².